The minimum absolute atomic E-state index is 0.0121. The molecule has 4 rings (SSSR count). The molecule has 0 radical (unpaired) electrons. The minimum Gasteiger partial charge on any atom is -0.488 e. The summed E-state index contributed by atoms with van der Waals surface area (Å²) in [5, 5.41) is 7.27. The normalized spacial score (nSPS) is 15.3. The molecule has 2 aromatic carbocycles. The van der Waals surface area contributed by atoms with Gasteiger partial charge in [-0.25, -0.2) is 0 Å². The van der Waals surface area contributed by atoms with E-state index in [4.69, 9.17) is 4.74 Å². The molecule has 0 saturated carbocycles. The van der Waals surface area contributed by atoms with Gasteiger partial charge in [0.2, 0.25) is 0 Å². The number of ether oxygens (including phenoxy) is 1. The summed E-state index contributed by atoms with van der Waals surface area (Å²) in [4.78, 5) is 4.26. The zero-order valence-corrected chi connectivity index (χ0v) is 12.9. The highest BCUT2D eigenvalue weighted by Gasteiger charge is 2.65. The number of alkyl halides is 3. The van der Waals surface area contributed by atoms with Crippen LogP contribution in [0.3, 0.4) is 0 Å². The molecule has 0 N–H and O–H groups in total. The number of rotatable bonds is 4. The molecule has 2 heterocycles. The lowest BCUT2D eigenvalue weighted by atomic mass is 10.0. The van der Waals surface area contributed by atoms with Gasteiger partial charge in [0, 0.05) is 17.1 Å². The fourth-order valence-electron chi connectivity index (χ4n) is 2.63. The maximum absolute atomic E-state index is 13.0. The zero-order chi connectivity index (χ0) is 17.5. The topological polar surface area (TPSA) is 46.8 Å². The van der Waals surface area contributed by atoms with Crippen LogP contribution in [0, 0.1) is 0 Å². The van der Waals surface area contributed by atoms with Crippen LogP contribution in [0.2, 0.25) is 0 Å². The summed E-state index contributed by atoms with van der Waals surface area (Å²) < 4.78 is 44.8. The zero-order valence-electron chi connectivity index (χ0n) is 12.9. The number of hydrogen-bond donors (Lipinski definition) is 0. The van der Waals surface area contributed by atoms with Crippen molar-refractivity contribution in [3.8, 4) is 5.75 Å². The summed E-state index contributed by atoms with van der Waals surface area (Å²) in [6.45, 7) is 0.238. The SMILES string of the molecule is FC(F)(F)C1(c2ccc(COc3ccnc4ccccc34)cc2)N=N1. The fraction of sp³-hybridized carbons (Fsp3) is 0.167. The van der Waals surface area contributed by atoms with Crippen molar-refractivity contribution >= 4 is 10.9 Å². The Morgan fingerprint density at radius 3 is 2.32 bits per heavy atom. The Bertz CT molecular complexity index is 940. The van der Waals surface area contributed by atoms with Crippen LogP contribution in [0.25, 0.3) is 10.9 Å². The predicted octanol–water partition coefficient (Wildman–Crippen LogP) is 4.99. The molecular formula is C18H12F3N3O. The molecule has 1 aliphatic rings. The van der Waals surface area contributed by atoms with Crippen molar-refractivity contribution in [3.05, 3.63) is 71.9 Å². The van der Waals surface area contributed by atoms with Gasteiger partial charge >= 0.3 is 11.8 Å². The van der Waals surface area contributed by atoms with Gasteiger partial charge in [-0.3, -0.25) is 4.98 Å². The average Bonchev–Trinajstić information content (AvgIpc) is 3.42. The van der Waals surface area contributed by atoms with Gasteiger partial charge < -0.3 is 4.74 Å². The number of aromatic nitrogens is 1. The molecule has 0 unspecified atom stereocenters. The second-order valence-corrected chi connectivity index (χ2v) is 5.68. The maximum atomic E-state index is 13.0. The van der Waals surface area contributed by atoms with Gasteiger partial charge in [-0.05, 0) is 23.8 Å². The highest BCUT2D eigenvalue weighted by atomic mass is 19.4. The smallest absolute Gasteiger partial charge is 0.442 e. The monoisotopic (exact) mass is 343 g/mol. The highest BCUT2D eigenvalue weighted by molar-refractivity contribution is 5.84. The number of nitrogens with zero attached hydrogens (tertiary/aromatic N) is 3. The van der Waals surface area contributed by atoms with Crippen LogP contribution in [0.5, 0.6) is 5.75 Å². The van der Waals surface area contributed by atoms with Gasteiger partial charge in [0.05, 0.1) is 5.52 Å². The summed E-state index contributed by atoms with van der Waals surface area (Å²) in [7, 11) is 0. The van der Waals surface area contributed by atoms with E-state index in [0.717, 1.165) is 16.5 Å². The quantitative estimate of drug-likeness (QED) is 0.670. The number of hydrogen-bond acceptors (Lipinski definition) is 4. The molecule has 0 bridgehead atoms. The van der Waals surface area contributed by atoms with E-state index in [1.807, 2.05) is 24.3 Å². The first-order valence-electron chi connectivity index (χ1n) is 7.56. The number of para-hydroxylation sites is 1. The van der Waals surface area contributed by atoms with Gasteiger partial charge in [-0.15, -0.1) is 10.2 Å². The molecule has 3 aromatic rings. The summed E-state index contributed by atoms with van der Waals surface area (Å²) in [5.74, 6) is 0.675. The molecule has 1 aliphatic heterocycles. The van der Waals surface area contributed by atoms with Crippen LogP contribution in [0.15, 0.2) is 71.0 Å². The van der Waals surface area contributed by atoms with Crippen molar-refractivity contribution in [1.82, 2.24) is 4.98 Å². The van der Waals surface area contributed by atoms with E-state index in [1.54, 1.807) is 24.4 Å². The van der Waals surface area contributed by atoms with Crippen LogP contribution in [-0.2, 0) is 12.3 Å². The van der Waals surface area contributed by atoms with Gasteiger partial charge in [-0.1, -0.05) is 36.4 Å². The fourth-order valence-corrected chi connectivity index (χ4v) is 2.63. The van der Waals surface area contributed by atoms with E-state index in [0.29, 0.717) is 5.75 Å². The Morgan fingerprint density at radius 1 is 0.920 bits per heavy atom. The van der Waals surface area contributed by atoms with E-state index in [2.05, 4.69) is 15.2 Å². The maximum Gasteiger partial charge on any atom is 0.442 e. The number of fused-ring (bicyclic) bond motifs is 1. The molecule has 0 spiro atoms. The van der Waals surface area contributed by atoms with Crippen molar-refractivity contribution < 1.29 is 17.9 Å². The van der Waals surface area contributed by atoms with Gasteiger partial charge in [0.25, 0.3) is 0 Å². The molecule has 4 nitrogen and oxygen atoms in total. The Morgan fingerprint density at radius 2 is 1.64 bits per heavy atom. The summed E-state index contributed by atoms with van der Waals surface area (Å²) in [6.07, 6.45) is -2.86. The molecule has 25 heavy (non-hydrogen) atoms. The van der Waals surface area contributed by atoms with Crippen molar-refractivity contribution in [1.29, 1.82) is 0 Å². The van der Waals surface area contributed by atoms with Crippen LogP contribution in [-0.4, -0.2) is 11.2 Å². The molecule has 0 fully saturated rings. The van der Waals surface area contributed by atoms with Crippen molar-refractivity contribution in [3.63, 3.8) is 0 Å². The first kappa shape index (κ1) is 15.6. The largest absolute Gasteiger partial charge is 0.488 e. The van der Waals surface area contributed by atoms with Crippen LogP contribution >= 0.6 is 0 Å². The van der Waals surface area contributed by atoms with Crippen molar-refractivity contribution in [2.24, 2.45) is 10.2 Å². The Labute approximate surface area is 141 Å². The Hall–Kier alpha value is -2.96. The number of benzene rings is 2. The molecule has 1 aromatic heterocycles. The molecule has 0 aliphatic carbocycles. The second-order valence-electron chi connectivity index (χ2n) is 5.68. The molecule has 0 atom stereocenters. The number of pyridine rings is 1. The average molecular weight is 343 g/mol. The first-order chi connectivity index (χ1) is 12.0. The standard InChI is InChI=1S/C18H12F3N3O/c19-18(20,21)17(23-24-17)13-7-5-12(6-8-13)11-25-16-9-10-22-15-4-2-1-3-14(15)16/h1-10H,11H2. The van der Waals surface area contributed by atoms with E-state index in [-0.39, 0.29) is 12.2 Å². The van der Waals surface area contributed by atoms with Gasteiger partial charge in [-0.2, -0.15) is 13.2 Å². The lowest BCUT2D eigenvalue weighted by molar-refractivity contribution is -0.166. The summed E-state index contributed by atoms with van der Waals surface area (Å²) in [6, 6.07) is 15.3. The first-order valence-corrected chi connectivity index (χ1v) is 7.56. The van der Waals surface area contributed by atoms with E-state index in [1.165, 1.54) is 12.1 Å². The molecule has 7 heteroatoms. The van der Waals surface area contributed by atoms with Gasteiger partial charge in [0.1, 0.15) is 12.4 Å². The molecule has 0 amide bonds. The molecule has 126 valence electrons. The lowest BCUT2D eigenvalue weighted by Crippen LogP contribution is -2.30. The third-order valence-corrected chi connectivity index (χ3v) is 4.06. The summed E-state index contributed by atoms with van der Waals surface area (Å²) in [5.41, 5.74) is -0.798. The van der Waals surface area contributed by atoms with Crippen LogP contribution in [0.1, 0.15) is 11.1 Å². The van der Waals surface area contributed by atoms with Gasteiger partial charge in [0.15, 0.2) is 0 Å². The van der Waals surface area contributed by atoms with E-state index >= 15 is 0 Å². The lowest BCUT2D eigenvalue weighted by Gasteiger charge is -2.15. The third-order valence-electron chi connectivity index (χ3n) is 4.06. The predicted molar refractivity (Wildman–Crippen MR) is 85.1 cm³/mol. The third kappa shape index (κ3) is 2.71. The Kier molecular flexibility index (Phi) is 3.45. The van der Waals surface area contributed by atoms with Crippen LogP contribution in [0.4, 0.5) is 13.2 Å². The van der Waals surface area contributed by atoms with E-state index in [9.17, 15) is 13.2 Å². The molecule has 0 saturated heterocycles. The highest BCUT2D eigenvalue weighted by Crippen LogP contribution is 2.52. The second kappa shape index (κ2) is 5.54. The molecular weight excluding hydrogens is 331 g/mol. The summed E-state index contributed by atoms with van der Waals surface area (Å²) >= 11 is 0. The number of halogens is 3. The van der Waals surface area contributed by atoms with Crippen LogP contribution < -0.4 is 4.74 Å². The minimum atomic E-state index is -4.51. The van der Waals surface area contributed by atoms with Crippen molar-refractivity contribution in [2.75, 3.05) is 0 Å². The van der Waals surface area contributed by atoms with E-state index < -0.39 is 11.8 Å². The Balaban J connectivity index is 1.51. The van der Waals surface area contributed by atoms with Crippen molar-refractivity contribution in [2.45, 2.75) is 18.4 Å².